The molecule has 0 bridgehead atoms. The van der Waals surface area contributed by atoms with E-state index in [0.717, 1.165) is 31.2 Å². The monoisotopic (exact) mass is 398 g/mol. The van der Waals surface area contributed by atoms with Crippen molar-refractivity contribution in [3.63, 3.8) is 0 Å². The molecule has 4 nitrogen and oxygen atoms in total. The van der Waals surface area contributed by atoms with Crippen molar-refractivity contribution < 1.29 is 13.9 Å². The summed E-state index contributed by atoms with van der Waals surface area (Å²) in [6.45, 7) is 1.78. The van der Waals surface area contributed by atoms with Gasteiger partial charge in [-0.05, 0) is 82.4 Å². The maximum absolute atomic E-state index is 13.3. The van der Waals surface area contributed by atoms with Crippen molar-refractivity contribution in [1.29, 1.82) is 0 Å². The number of carbonyl (C=O) groups excluding carboxylic acids is 1. The molecule has 2 aromatic rings. The van der Waals surface area contributed by atoms with Crippen LogP contribution in [0.2, 0.25) is 0 Å². The van der Waals surface area contributed by atoms with Gasteiger partial charge in [0.2, 0.25) is 0 Å². The highest BCUT2D eigenvalue weighted by atomic mass is 19.1. The lowest BCUT2D eigenvalue weighted by molar-refractivity contribution is -0.128. The lowest BCUT2D eigenvalue weighted by Crippen LogP contribution is -2.44. The van der Waals surface area contributed by atoms with Crippen LogP contribution in [-0.2, 0) is 4.79 Å². The van der Waals surface area contributed by atoms with Crippen LogP contribution in [0.25, 0.3) is 0 Å². The molecule has 1 N–H and O–H groups in total. The van der Waals surface area contributed by atoms with Crippen LogP contribution in [-0.4, -0.2) is 37.0 Å². The van der Waals surface area contributed by atoms with Gasteiger partial charge >= 0.3 is 0 Å². The Kier molecular flexibility index (Phi) is 7.26. The van der Waals surface area contributed by atoms with Crippen LogP contribution in [0.3, 0.4) is 0 Å². The normalized spacial score (nSPS) is 21.4. The van der Waals surface area contributed by atoms with Crippen molar-refractivity contribution >= 4 is 5.91 Å². The number of para-hydroxylation sites is 1. The van der Waals surface area contributed by atoms with Gasteiger partial charge < -0.3 is 15.0 Å². The van der Waals surface area contributed by atoms with Crippen molar-refractivity contribution in [2.45, 2.75) is 50.8 Å². The molecule has 1 fully saturated rings. The molecule has 2 aromatic carbocycles. The van der Waals surface area contributed by atoms with Gasteiger partial charge in [-0.15, -0.1) is 0 Å². The van der Waals surface area contributed by atoms with E-state index in [-0.39, 0.29) is 23.8 Å². The van der Waals surface area contributed by atoms with Gasteiger partial charge in [-0.3, -0.25) is 4.79 Å². The van der Waals surface area contributed by atoms with Gasteiger partial charge in [-0.2, -0.15) is 0 Å². The highest BCUT2D eigenvalue weighted by Gasteiger charge is 2.31. The number of benzene rings is 2. The molecule has 1 amide bonds. The van der Waals surface area contributed by atoms with Crippen LogP contribution >= 0.6 is 0 Å². The van der Waals surface area contributed by atoms with E-state index in [2.05, 4.69) is 24.3 Å². The average Bonchev–Trinajstić information content (AvgIpc) is 2.71. The molecule has 0 aliphatic heterocycles. The zero-order chi connectivity index (χ0) is 20.8. The number of hydrogen-bond donors (Lipinski definition) is 1. The molecule has 5 heteroatoms. The summed E-state index contributed by atoms with van der Waals surface area (Å²) in [5.74, 6) is 0.915. The van der Waals surface area contributed by atoms with Crippen LogP contribution in [0.1, 0.15) is 44.2 Å². The van der Waals surface area contributed by atoms with E-state index in [4.69, 9.17) is 4.74 Å². The quantitative estimate of drug-likeness (QED) is 0.743. The van der Waals surface area contributed by atoms with Gasteiger partial charge in [0.1, 0.15) is 11.6 Å². The summed E-state index contributed by atoms with van der Waals surface area (Å²) in [6, 6.07) is 16.7. The van der Waals surface area contributed by atoms with Crippen molar-refractivity contribution in [3.05, 3.63) is 66.0 Å². The summed E-state index contributed by atoms with van der Waals surface area (Å²) in [7, 11) is 4.15. The van der Waals surface area contributed by atoms with Gasteiger partial charge in [0.05, 0.1) is 0 Å². The Morgan fingerprint density at radius 3 is 2.24 bits per heavy atom. The molecule has 0 saturated heterocycles. The number of ether oxygens (including phenoxy) is 1. The number of halogens is 1. The molecule has 0 radical (unpaired) electrons. The Morgan fingerprint density at radius 2 is 1.66 bits per heavy atom. The molecule has 0 aromatic heterocycles. The molecule has 3 rings (SSSR count). The predicted octanol–water partition coefficient (Wildman–Crippen LogP) is 4.57. The van der Waals surface area contributed by atoms with Gasteiger partial charge in [0.25, 0.3) is 5.91 Å². The third-order valence-electron chi connectivity index (χ3n) is 5.76. The van der Waals surface area contributed by atoms with Gasteiger partial charge in [-0.25, -0.2) is 4.39 Å². The van der Waals surface area contributed by atoms with E-state index in [1.165, 1.54) is 12.1 Å². The van der Waals surface area contributed by atoms with E-state index in [9.17, 15) is 9.18 Å². The summed E-state index contributed by atoms with van der Waals surface area (Å²) in [6.07, 6.45) is 3.42. The number of rotatable bonds is 7. The SMILES string of the molecule is CC(Oc1ccccc1)C(=O)NC1CCC(C(c2ccc(F)cc2)N(C)C)CC1. The molecule has 0 heterocycles. The minimum absolute atomic E-state index is 0.0694. The molecule has 29 heavy (non-hydrogen) atoms. The number of amides is 1. The van der Waals surface area contributed by atoms with Gasteiger partial charge in [-0.1, -0.05) is 30.3 Å². The smallest absolute Gasteiger partial charge is 0.260 e. The fourth-order valence-electron chi connectivity index (χ4n) is 4.31. The van der Waals surface area contributed by atoms with Gasteiger partial charge in [0, 0.05) is 12.1 Å². The van der Waals surface area contributed by atoms with Crippen molar-refractivity contribution in [2.75, 3.05) is 14.1 Å². The Balaban J connectivity index is 1.52. The van der Waals surface area contributed by atoms with E-state index in [1.807, 2.05) is 42.5 Å². The minimum Gasteiger partial charge on any atom is -0.481 e. The minimum atomic E-state index is -0.524. The summed E-state index contributed by atoms with van der Waals surface area (Å²) in [5.41, 5.74) is 1.15. The molecule has 156 valence electrons. The molecule has 1 aliphatic carbocycles. The first-order chi connectivity index (χ1) is 13.9. The van der Waals surface area contributed by atoms with Crippen LogP contribution in [0.15, 0.2) is 54.6 Å². The maximum Gasteiger partial charge on any atom is 0.260 e. The summed E-state index contributed by atoms with van der Waals surface area (Å²) in [4.78, 5) is 14.7. The van der Waals surface area contributed by atoms with E-state index >= 15 is 0 Å². The first kappa shape index (κ1) is 21.3. The topological polar surface area (TPSA) is 41.6 Å². The maximum atomic E-state index is 13.3. The summed E-state index contributed by atoms with van der Waals surface area (Å²) >= 11 is 0. The molecular weight excluding hydrogens is 367 g/mol. The Hall–Kier alpha value is -2.40. The summed E-state index contributed by atoms with van der Waals surface area (Å²) in [5, 5.41) is 3.15. The first-order valence-electron chi connectivity index (χ1n) is 10.4. The zero-order valence-corrected chi connectivity index (χ0v) is 17.5. The van der Waals surface area contributed by atoms with E-state index in [1.54, 1.807) is 6.92 Å². The third kappa shape index (κ3) is 5.80. The van der Waals surface area contributed by atoms with Gasteiger partial charge in [0.15, 0.2) is 6.10 Å². The Morgan fingerprint density at radius 1 is 1.03 bits per heavy atom. The molecule has 1 saturated carbocycles. The van der Waals surface area contributed by atoms with Crippen LogP contribution in [0.5, 0.6) is 5.75 Å². The number of carbonyl (C=O) groups is 1. The van der Waals surface area contributed by atoms with Crippen molar-refractivity contribution in [2.24, 2.45) is 5.92 Å². The lowest BCUT2D eigenvalue weighted by Gasteiger charge is -2.38. The Bertz CT molecular complexity index is 771. The lowest BCUT2D eigenvalue weighted by atomic mass is 9.78. The second kappa shape index (κ2) is 9.88. The van der Waals surface area contributed by atoms with Crippen LogP contribution in [0.4, 0.5) is 4.39 Å². The number of nitrogens with one attached hydrogen (secondary N) is 1. The highest BCUT2D eigenvalue weighted by Crippen LogP contribution is 2.37. The number of nitrogens with zero attached hydrogens (tertiary/aromatic N) is 1. The van der Waals surface area contributed by atoms with E-state index < -0.39 is 6.10 Å². The third-order valence-corrected chi connectivity index (χ3v) is 5.76. The largest absolute Gasteiger partial charge is 0.481 e. The fourth-order valence-corrected chi connectivity index (χ4v) is 4.31. The molecule has 1 aliphatic rings. The van der Waals surface area contributed by atoms with Crippen molar-refractivity contribution in [3.8, 4) is 5.75 Å². The Labute approximate surface area is 173 Å². The summed E-state index contributed by atoms with van der Waals surface area (Å²) < 4.78 is 19.0. The molecular formula is C24H31FN2O2. The highest BCUT2D eigenvalue weighted by molar-refractivity contribution is 5.81. The number of hydrogen-bond acceptors (Lipinski definition) is 3. The second-order valence-corrected chi connectivity index (χ2v) is 8.15. The van der Waals surface area contributed by atoms with E-state index in [0.29, 0.717) is 11.7 Å². The van der Waals surface area contributed by atoms with Crippen molar-refractivity contribution in [1.82, 2.24) is 10.2 Å². The van der Waals surface area contributed by atoms with Crippen LogP contribution < -0.4 is 10.1 Å². The molecule has 2 unspecified atom stereocenters. The van der Waals surface area contributed by atoms with Crippen LogP contribution in [0, 0.1) is 11.7 Å². The first-order valence-corrected chi connectivity index (χ1v) is 10.4. The predicted molar refractivity (Wildman–Crippen MR) is 113 cm³/mol. The average molecular weight is 399 g/mol. The molecule has 0 spiro atoms. The second-order valence-electron chi connectivity index (χ2n) is 8.15. The zero-order valence-electron chi connectivity index (χ0n) is 17.5. The fraction of sp³-hybridized carbons (Fsp3) is 0.458. The molecule has 2 atom stereocenters. The standard InChI is InChI=1S/C24H31FN2O2/c1-17(29-22-7-5-4-6-8-22)24(28)26-21-15-11-19(12-16-21)23(27(2)3)18-9-13-20(25)14-10-18/h4-10,13-14,17,19,21,23H,11-12,15-16H2,1-3H3,(H,26,28).